The molecular weight excluding hydrogens is 608 g/mol. The van der Waals surface area contributed by atoms with E-state index in [2.05, 4.69) is 0 Å². The van der Waals surface area contributed by atoms with Gasteiger partial charge in [0.15, 0.2) is 0 Å². The molecular formula is C40H28O8. The highest BCUT2D eigenvalue weighted by Crippen LogP contribution is 2.17. The van der Waals surface area contributed by atoms with Crippen LogP contribution in [-0.2, 0) is 0 Å². The first-order chi connectivity index (χ1) is 23.4. The molecule has 6 rings (SSSR count). The van der Waals surface area contributed by atoms with Crippen LogP contribution < -0.4 is 18.9 Å². The molecule has 0 spiro atoms. The average molecular weight is 637 g/mol. The van der Waals surface area contributed by atoms with Gasteiger partial charge in [0.05, 0.1) is 22.3 Å². The summed E-state index contributed by atoms with van der Waals surface area (Å²) in [6.45, 7) is 0. The fourth-order valence-corrected chi connectivity index (χ4v) is 4.13. The van der Waals surface area contributed by atoms with Crippen molar-refractivity contribution in [3.63, 3.8) is 0 Å². The topological polar surface area (TPSA) is 105 Å². The summed E-state index contributed by atoms with van der Waals surface area (Å²) >= 11 is 0. The minimum atomic E-state index is -0.532. The Morgan fingerprint density at radius 3 is 0.792 bits per heavy atom. The molecule has 0 N–H and O–H groups in total. The molecule has 0 radical (unpaired) electrons. The van der Waals surface area contributed by atoms with Gasteiger partial charge < -0.3 is 18.9 Å². The van der Waals surface area contributed by atoms with Crippen LogP contribution in [0.25, 0.3) is 0 Å². The van der Waals surface area contributed by atoms with Crippen molar-refractivity contribution in [3.05, 3.63) is 192 Å². The van der Waals surface area contributed by atoms with Gasteiger partial charge in [0.25, 0.3) is 0 Å². The Morgan fingerprint density at radius 1 is 0.271 bits per heavy atom. The zero-order chi connectivity index (χ0) is 33.6. The van der Waals surface area contributed by atoms with Gasteiger partial charge in [-0.2, -0.15) is 0 Å². The molecule has 0 amide bonds. The zero-order valence-corrected chi connectivity index (χ0v) is 25.4. The number of carbonyl (C=O) groups is 4. The first-order valence-corrected chi connectivity index (χ1v) is 14.7. The Hall–Kier alpha value is -6.80. The molecule has 8 heteroatoms. The van der Waals surface area contributed by atoms with Crippen LogP contribution in [0.15, 0.2) is 170 Å². The highest BCUT2D eigenvalue weighted by molar-refractivity contribution is 5.97. The van der Waals surface area contributed by atoms with E-state index in [0.717, 1.165) is 0 Å². The molecule has 6 aromatic carbocycles. The van der Waals surface area contributed by atoms with Crippen molar-refractivity contribution >= 4 is 23.9 Å². The predicted molar refractivity (Wildman–Crippen MR) is 178 cm³/mol. The van der Waals surface area contributed by atoms with Crippen LogP contribution in [0.1, 0.15) is 41.4 Å². The summed E-state index contributed by atoms with van der Waals surface area (Å²) in [6, 6.07) is 47.5. The van der Waals surface area contributed by atoms with Gasteiger partial charge in [-0.05, 0) is 91.0 Å². The van der Waals surface area contributed by atoms with Crippen LogP contribution in [0.2, 0.25) is 0 Å². The molecule has 0 heterocycles. The standard InChI is InChI=1S/2C20H14O4/c21-19(23-17-10-3-1-4-11-17)15-8-7-9-16(14-15)20(22)24-18-12-5-2-6-13-18;21-19(23-17-7-3-1-4-8-17)15-11-13-16(14-12-15)20(22)24-18-9-5-2-6-10-18/h2*1-14H. The number of hydrogen-bond acceptors (Lipinski definition) is 8. The Labute approximate surface area is 276 Å². The summed E-state index contributed by atoms with van der Waals surface area (Å²) in [7, 11) is 0. The maximum atomic E-state index is 12.2. The fraction of sp³-hybridized carbons (Fsp3) is 0. The van der Waals surface area contributed by atoms with Gasteiger partial charge >= 0.3 is 23.9 Å². The predicted octanol–water partition coefficient (Wildman–Crippen LogP) is 8.25. The van der Waals surface area contributed by atoms with E-state index in [1.165, 1.54) is 30.3 Å². The van der Waals surface area contributed by atoms with Gasteiger partial charge in [0.1, 0.15) is 23.0 Å². The minimum Gasteiger partial charge on any atom is -0.423 e. The second kappa shape index (κ2) is 16.5. The van der Waals surface area contributed by atoms with E-state index in [9.17, 15) is 19.2 Å². The van der Waals surface area contributed by atoms with Crippen LogP contribution in [0, 0.1) is 0 Å². The lowest BCUT2D eigenvalue weighted by molar-refractivity contribution is 0.0720. The molecule has 0 fully saturated rings. The van der Waals surface area contributed by atoms with Gasteiger partial charge in [0.2, 0.25) is 0 Å². The second-order valence-electron chi connectivity index (χ2n) is 9.97. The molecule has 8 nitrogen and oxygen atoms in total. The Kier molecular flexibility index (Phi) is 11.2. The lowest BCUT2D eigenvalue weighted by atomic mass is 10.1. The number of rotatable bonds is 8. The number of benzene rings is 6. The summed E-state index contributed by atoms with van der Waals surface area (Å²) in [5.41, 5.74) is 1.27. The monoisotopic (exact) mass is 636 g/mol. The van der Waals surface area contributed by atoms with E-state index in [4.69, 9.17) is 18.9 Å². The zero-order valence-electron chi connectivity index (χ0n) is 25.4. The average Bonchev–Trinajstić information content (AvgIpc) is 3.13. The van der Waals surface area contributed by atoms with E-state index in [0.29, 0.717) is 34.1 Å². The maximum absolute atomic E-state index is 12.2. The van der Waals surface area contributed by atoms with Crippen LogP contribution in [0.4, 0.5) is 0 Å². The van der Waals surface area contributed by atoms with E-state index in [1.54, 1.807) is 115 Å². The molecule has 0 saturated heterocycles. The summed E-state index contributed by atoms with van der Waals surface area (Å²) < 4.78 is 21.0. The summed E-state index contributed by atoms with van der Waals surface area (Å²) in [4.78, 5) is 48.4. The van der Waals surface area contributed by atoms with Crippen LogP contribution in [-0.4, -0.2) is 23.9 Å². The summed E-state index contributed by atoms with van der Waals surface area (Å²) in [5, 5.41) is 0. The van der Waals surface area contributed by atoms with E-state index >= 15 is 0 Å². The smallest absolute Gasteiger partial charge is 0.343 e. The van der Waals surface area contributed by atoms with E-state index in [-0.39, 0.29) is 11.1 Å². The lowest BCUT2D eigenvalue weighted by Gasteiger charge is -2.07. The largest absolute Gasteiger partial charge is 0.423 e. The lowest BCUT2D eigenvalue weighted by Crippen LogP contribution is -2.12. The molecule has 0 saturated carbocycles. The fourth-order valence-electron chi connectivity index (χ4n) is 4.13. The van der Waals surface area contributed by atoms with Gasteiger partial charge in [-0.3, -0.25) is 0 Å². The van der Waals surface area contributed by atoms with Crippen molar-refractivity contribution in [2.24, 2.45) is 0 Å². The van der Waals surface area contributed by atoms with Gasteiger partial charge in [0, 0.05) is 0 Å². The van der Waals surface area contributed by atoms with Gasteiger partial charge in [-0.15, -0.1) is 0 Å². The van der Waals surface area contributed by atoms with Gasteiger partial charge in [-0.25, -0.2) is 19.2 Å². The van der Waals surface area contributed by atoms with E-state index in [1.807, 2.05) is 24.3 Å². The second-order valence-corrected chi connectivity index (χ2v) is 9.97. The normalized spacial score (nSPS) is 10.0. The summed E-state index contributed by atoms with van der Waals surface area (Å²) in [5.74, 6) is -0.205. The van der Waals surface area contributed by atoms with Crippen molar-refractivity contribution in [3.8, 4) is 23.0 Å². The number of ether oxygens (including phenoxy) is 4. The number of para-hydroxylation sites is 4. The van der Waals surface area contributed by atoms with Crippen molar-refractivity contribution < 1.29 is 38.1 Å². The maximum Gasteiger partial charge on any atom is 0.343 e. The van der Waals surface area contributed by atoms with Gasteiger partial charge in [-0.1, -0.05) is 78.9 Å². The molecule has 0 aliphatic rings. The van der Waals surface area contributed by atoms with Crippen LogP contribution >= 0.6 is 0 Å². The highest BCUT2D eigenvalue weighted by atomic mass is 16.5. The molecule has 0 unspecified atom stereocenters. The molecule has 0 atom stereocenters. The van der Waals surface area contributed by atoms with Crippen LogP contribution in [0.5, 0.6) is 23.0 Å². The summed E-state index contributed by atoms with van der Waals surface area (Å²) in [6.07, 6.45) is 0. The third-order valence-corrected chi connectivity index (χ3v) is 6.51. The molecule has 236 valence electrons. The molecule has 0 bridgehead atoms. The minimum absolute atomic E-state index is 0.279. The van der Waals surface area contributed by atoms with Crippen molar-refractivity contribution in [1.82, 2.24) is 0 Å². The van der Waals surface area contributed by atoms with Crippen molar-refractivity contribution in [1.29, 1.82) is 0 Å². The van der Waals surface area contributed by atoms with Crippen LogP contribution in [0.3, 0.4) is 0 Å². The number of esters is 4. The Morgan fingerprint density at radius 2 is 0.521 bits per heavy atom. The quantitative estimate of drug-likeness (QED) is 0.122. The number of carbonyl (C=O) groups excluding carboxylic acids is 4. The molecule has 0 aliphatic carbocycles. The Bertz CT molecular complexity index is 1820. The SMILES string of the molecule is O=C(Oc1ccccc1)c1ccc(C(=O)Oc2ccccc2)cc1.O=C(Oc1ccccc1)c1cccc(C(=O)Oc2ccccc2)c1. The molecule has 0 aliphatic heterocycles. The molecule has 6 aromatic rings. The third kappa shape index (κ3) is 9.60. The first kappa shape index (κ1) is 32.6. The third-order valence-electron chi connectivity index (χ3n) is 6.51. The van der Waals surface area contributed by atoms with E-state index < -0.39 is 23.9 Å². The Balaban J connectivity index is 0.000000188. The van der Waals surface area contributed by atoms with Crippen molar-refractivity contribution in [2.75, 3.05) is 0 Å². The van der Waals surface area contributed by atoms with Crippen molar-refractivity contribution in [2.45, 2.75) is 0 Å². The molecule has 0 aromatic heterocycles. The molecule has 48 heavy (non-hydrogen) atoms. The highest BCUT2D eigenvalue weighted by Gasteiger charge is 2.15. The first-order valence-electron chi connectivity index (χ1n) is 14.7. The number of hydrogen-bond donors (Lipinski definition) is 0.